The summed E-state index contributed by atoms with van der Waals surface area (Å²) in [5.41, 5.74) is 7.05. The Morgan fingerprint density at radius 3 is 2.06 bits per heavy atom. The van der Waals surface area contributed by atoms with Crippen molar-refractivity contribution in [2.75, 3.05) is 7.05 Å². The molecule has 1 nitrogen and oxygen atoms in total. The van der Waals surface area contributed by atoms with Gasteiger partial charge in [-0.15, -0.1) is 0 Å². The minimum atomic E-state index is 0.421. The summed E-state index contributed by atoms with van der Waals surface area (Å²) in [6.07, 6.45) is 14.3. The van der Waals surface area contributed by atoms with Crippen molar-refractivity contribution in [1.29, 1.82) is 0 Å². The van der Waals surface area contributed by atoms with Gasteiger partial charge in [0.15, 0.2) is 0 Å². The number of nitrogens with one attached hydrogen (secondary N) is 1. The van der Waals surface area contributed by atoms with Gasteiger partial charge < -0.3 is 5.32 Å². The van der Waals surface area contributed by atoms with Crippen LogP contribution in [0, 0.1) is 18.8 Å². The number of benzene rings is 2. The summed E-state index contributed by atoms with van der Waals surface area (Å²) in [6.45, 7) is 19.4. The maximum Gasteiger partial charge on any atom is 0.0289 e. The highest BCUT2D eigenvalue weighted by molar-refractivity contribution is 5.26. The lowest BCUT2D eigenvalue weighted by molar-refractivity contribution is 0.485. The molecular weight excluding hydrogens is 434 g/mol. The SMILES string of the molecule is C=C/C=C\C(=C/C)CCCC(C)Cc1ccc(C(C)NC)cc1.CCC(c1ccc(C)cc1)C(C)C. The van der Waals surface area contributed by atoms with Crippen LogP contribution in [0.5, 0.6) is 0 Å². The van der Waals surface area contributed by atoms with Crippen molar-refractivity contribution in [3.05, 3.63) is 107 Å². The molecule has 0 aliphatic carbocycles. The van der Waals surface area contributed by atoms with Crippen LogP contribution in [0.1, 0.15) is 101 Å². The van der Waals surface area contributed by atoms with Crippen molar-refractivity contribution in [3.63, 3.8) is 0 Å². The van der Waals surface area contributed by atoms with Crippen LogP contribution in [0.3, 0.4) is 0 Å². The smallest absolute Gasteiger partial charge is 0.0289 e. The first-order valence-corrected chi connectivity index (χ1v) is 14.0. The highest BCUT2D eigenvalue weighted by Crippen LogP contribution is 2.27. The molecule has 2 rings (SSSR count). The highest BCUT2D eigenvalue weighted by atomic mass is 14.8. The van der Waals surface area contributed by atoms with Gasteiger partial charge in [-0.05, 0) is 87.9 Å². The third kappa shape index (κ3) is 12.0. The van der Waals surface area contributed by atoms with Crippen LogP contribution in [0.25, 0.3) is 0 Å². The van der Waals surface area contributed by atoms with E-state index in [1.54, 1.807) is 0 Å². The number of allylic oxidation sites excluding steroid dienone is 5. The standard InChI is InChI=1S/C22H33N.C13H20/c1-6-8-11-20(7-2)12-9-10-18(3)17-21-13-15-22(16-14-21)19(4)23-5;1-5-13(10(2)3)12-8-6-11(4)7-9-12/h6-8,11,13-16,18-19,23H,1,9-10,12,17H2,2-5H3;6-10,13H,5H2,1-4H3/b11-8-,20-7+;. The molecule has 1 heteroatoms. The first-order valence-electron chi connectivity index (χ1n) is 14.0. The minimum absolute atomic E-state index is 0.421. The second-order valence-electron chi connectivity index (χ2n) is 10.6. The molecule has 0 bridgehead atoms. The summed E-state index contributed by atoms with van der Waals surface area (Å²) >= 11 is 0. The minimum Gasteiger partial charge on any atom is -0.313 e. The third-order valence-corrected chi connectivity index (χ3v) is 7.23. The molecule has 0 saturated carbocycles. The van der Waals surface area contributed by atoms with E-state index < -0.39 is 0 Å². The summed E-state index contributed by atoms with van der Waals surface area (Å²) in [7, 11) is 2.00. The van der Waals surface area contributed by atoms with E-state index in [4.69, 9.17) is 0 Å². The molecule has 198 valence electrons. The predicted molar refractivity (Wildman–Crippen MR) is 163 cm³/mol. The average Bonchev–Trinajstić information content (AvgIpc) is 2.87. The molecule has 1 N–H and O–H groups in total. The largest absolute Gasteiger partial charge is 0.313 e. The summed E-state index contributed by atoms with van der Waals surface area (Å²) < 4.78 is 0. The van der Waals surface area contributed by atoms with Gasteiger partial charge in [0.25, 0.3) is 0 Å². The van der Waals surface area contributed by atoms with E-state index in [2.05, 4.69) is 121 Å². The molecule has 0 heterocycles. The Morgan fingerprint density at radius 1 is 0.944 bits per heavy atom. The Kier molecular flexibility index (Phi) is 15.8. The van der Waals surface area contributed by atoms with Gasteiger partial charge in [-0.25, -0.2) is 0 Å². The lowest BCUT2D eigenvalue weighted by Crippen LogP contribution is -2.12. The van der Waals surface area contributed by atoms with Crippen molar-refractivity contribution in [2.45, 2.75) is 92.5 Å². The zero-order valence-corrected chi connectivity index (χ0v) is 24.5. The molecular formula is C35H53N. The van der Waals surface area contributed by atoms with E-state index in [0.29, 0.717) is 6.04 Å². The van der Waals surface area contributed by atoms with Crippen LogP contribution in [-0.2, 0) is 6.42 Å². The van der Waals surface area contributed by atoms with Crippen LogP contribution in [-0.4, -0.2) is 7.05 Å². The molecule has 2 aromatic rings. The van der Waals surface area contributed by atoms with E-state index in [1.165, 1.54) is 53.5 Å². The Morgan fingerprint density at radius 2 is 1.56 bits per heavy atom. The van der Waals surface area contributed by atoms with Crippen molar-refractivity contribution < 1.29 is 0 Å². The fourth-order valence-corrected chi connectivity index (χ4v) is 4.69. The zero-order valence-electron chi connectivity index (χ0n) is 24.5. The number of rotatable bonds is 13. The first kappa shape index (κ1) is 31.6. The fourth-order valence-electron chi connectivity index (χ4n) is 4.69. The maximum atomic E-state index is 3.73. The van der Waals surface area contributed by atoms with Crippen molar-refractivity contribution in [3.8, 4) is 0 Å². The second kappa shape index (κ2) is 18.0. The molecule has 0 saturated heterocycles. The van der Waals surface area contributed by atoms with E-state index >= 15 is 0 Å². The van der Waals surface area contributed by atoms with Crippen LogP contribution in [0.2, 0.25) is 0 Å². The second-order valence-corrected chi connectivity index (χ2v) is 10.6. The van der Waals surface area contributed by atoms with Gasteiger partial charge in [-0.2, -0.15) is 0 Å². The highest BCUT2D eigenvalue weighted by Gasteiger charge is 2.12. The van der Waals surface area contributed by atoms with Gasteiger partial charge in [-0.1, -0.05) is 125 Å². The normalized spacial score (nSPS) is 14.3. The molecule has 0 spiro atoms. The third-order valence-electron chi connectivity index (χ3n) is 7.23. The van der Waals surface area contributed by atoms with Gasteiger partial charge >= 0.3 is 0 Å². The molecule has 36 heavy (non-hydrogen) atoms. The van der Waals surface area contributed by atoms with E-state index in [9.17, 15) is 0 Å². The molecule has 0 aliphatic rings. The van der Waals surface area contributed by atoms with E-state index in [-0.39, 0.29) is 0 Å². The summed E-state index contributed by atoms with van der Waals surface area (Å²) in [4.78, 5) is 0. The first-order chi connectivity index (χ1) is 17.2. The molecule has 0 radical (unpaired) electrons. The quantitative estimate of drug-likeness (QED) is 0.277. The molecule has 3 atom stereocenters. The Hall–Kier alpha value is -2.38. The van der Waals surface area contributed by atoms with Crippen LogP contribution in [0.4, 0.5) is 0 Å². The van der Waals surface area contributed by atoms with Gasteiger partial charge in [0.2, 0.25) is 0 Å². The van der Waals surface area contributed by atoms with Crippen molar-refractivity contribution in [2.24, 2.45) is 11.8 Å². The van der Waals surface area contributed by atoms with E-state index in [0.717, 1.165) is 24.2 Å². The zero-order chi connectivity index (χ0) is 26.9. The molecule has 0 aliphatic heterocycles. The summed E-state index contributed by atoms with van der Waals surface area (Å²) in [5, 5.41) is 3.28. The maximum absolute atomic E-state index is 3.73. The van der Waals surface area contributed by atoms with Crippen LogP contribution in [0.15, 0.2) is 85.0 Å². The summed E-state index contributed by atoms with van der Waals surface area (Å²) in [6, 6.07) is 18.4. The Labute approximate surface area is 223 Å². The molecule has 2 aromatic carbocycles. The lowest BCUT2D eigenvalue weighted by Gasteiger charge is -2.19. The van der Waals surface area contributed by atoms with Gasteiger partial charge in [-0.3, -0.25) is 0 Å². The summed E-state index contributed by atoms with van der Waals surface area (Å²) in [5.74, 6) is 2.19. The molecule has 0 amide bonds. The predicted octanol–water partition coefficient (Wildman–Crippen LogP) is 10.1. The molecule has 0 fully saturated rings. The van der Waals surface area contributed by atoms with Gasteiger partial charge in [0, 0.05) is 6.04 Å². The lowest BCUT2D eigenvalue weighted by atomic mass is 9.86. The van der Waals surface area contributed by atoms with Gasteiger partial charge in [0.05, 0.1) is 0 Å². The van der Waals surface area contributed by atoms with E-state index in [1.807, 2.05) is 19.2 Å². The van der Waals surface area contributed by atoms with Crippen LogP contribution < -0.4 is 5.32 Å². The number of aryl methyl sites for hydroxylation is 1. The Balaban J connectivity index is 0.000000420. The average molecular weight is 488 g/mol. The molecule has 0 aromatic heterocycles. The fraction of sp³-hybridized carbons (Fsp3) is 0.486. The van der Waals surface area contributed by atoms with Crippen LogP contribution >= 0.6 is 0 Å². The monoisotopic (exact) mass is 487 g/mol. The number of hydrogen-bond donors (Lipinski definition) is 1. The number of hydrogen-bond acceptors (Lipinski definition) is 1. The Bertz CT molecular complexity index is 899. The van der Waals surface area contributed by atoms with Gasteiger partial charge in [0.1, 0.15) is 0 Å². The van der Waals surface area contributed by atoms with Crippen molar-refractivity contribution >= 4 is 0 Å². The molecule has 3 unspecified atom stereocenters. The van der Waals surface area contributed by atoms with Crippen molar-refractivity contribution in [1.82, 2.24) is 5.32 Å². The topological polar surface area (TPSA) is 12.0 Å².